The van der Waals surface area contributed by atoms with Crippen LogP contribution >= 0.6 is 0 Å². The Labute approximate surface area is 145 Å². The number of hydrogen-bond acceptors (Lipinski definition) is 3. The highest BCUT2D eigenvalue weighted by atomic mass is 16.5. The van der Waals surface area contributed by atoms with E-state index >= 15 is 0 Å². The van der Waals surface area contributed by atoms with Crippen LogP contribution in [0.1, 0.15) is 17.3 Å². The van der Waals surface area contributed by atoms with Gasteiger partial charge in [-0.05, 0) is 42.0 Å². The first kappa shape index (κ1) is 16.5. The molecule has 0 saturated carbocycles. The molecule has 5 nitrogen and oxygen atoms in total. The molecule has 0 fully saturated rings. The van der Waals surface area contributed by atoms with Gasteiger partial charge >= 0.3 is 6.09 Å². The fourth-order valence-corrected chi connectivity index (χ4v) is 2.58. The van der Waals surface area contributed by atoms with Gasteiger partial charge in [-0.1, -0.05) is 42.5 Å². The van der Waals surface area contributed by atoms with Gasteiger partial charge in [-0.3, -0.25) is 10.1 Å². The van der Waals surface area contributed by atoms with Gasteiger partial charge in [0.25, 0.3) is 5.91 Å². The summed E-state index contributed by atoms with van der Waals surface area (Å²) in [7, 11) is 0. The lowest BCUT2D eigenvalue weighted by Gasteiger charge is -2.10. The summed E-state index contributed by atoms with van der Waals surface area (Å²) in [6.07, 6.45) is -0.528. The van der Waals surface area contributed by atoms with Crippen molar-refractivity contribution in [3.05, 3.63) is 72.3 Å². The van der Waals surface area contributed by atoms with Gasteiger partial charge in [-0.25, -0.2) is 4.79 Å². The second-order valence-corrected chi connectivity index (χ2v) is 5.41. The zero-order valence-corrected chi connectivity index (χ0v) is 13.8. The van der Waals surface area contributed by atoms with Crippen LogP contribution in [0.2, 0.25) is 0 Å². The molecular weight excluding hydrogens is 316 g/mol. The minimum absolute atomic E-state index is 0.204. The number of hydrogen-bond donors (Lipinski definition) is 2. The molecule has 3 rings (SSSR count). The molecule has 5 heteroatoms. The Morgan fingerprint density at radius 3 is 2.36 bits per heavy atom. The number of ether oxygens (including phenoxy) is 1. The molecule has 0 aliphatic rings. The highest BCUT2D eigenvalue weighted by molar-refractivity contribution is 6.13. The summed E-state index contributed by atoms with van der Waals surface area (Å²) >= 11 is 0. The fraction of sp³-hybridized carbons (Fsp3) is 0.100. The second-order valence-electron chi connectivity index (χ2n) is 5.41. The summed E-state index contributed by atoms with van der Waals surface area (Å²) in [5, 5.41) is 7.38. The standard InChI is InChI=1S/C20H18N2O3/c1-2-25-20(24)22-16-10-6-9-15(13-16)21-19(23)18-12-5-8-14-7-3-4-11-17(14)18/h3-13H,2H2,1H3,(H,21,23)(H,22,24). The average Bonchev–Trinajstić information content (AvgIpc) is 2.61. The van der Waals surface area contributed by atoms with Crippen LogP contribution in [0, 0.1) is 0 Å². The van der Waals surface area contributed by atoms with Crippen LogP contribution in [-0.2, 0) is 4.74 Å². The summed E-state index contributed by atoms with van der Waals surface area (Å²) in [6, 6.07) is 20.3. The van der Waals surface area contributed by atoms with Gasteiger partial charge in [-0.15, -0.1) is 0 Å². The Bertz CT molecular complexity index is 916. The van der Waals surface area contributed by atoms with E-state index in [2.05, 4.69) is 10.6 Å². The quantitative estimate of drug-likeness (QED) is 0.729. The van der Waals surface area contributed by atoms with Crippen molar-refractivity contribution in [2.75, 3.05) is 17.2 Å². The van der Waals surface area contributed by atoms with Crippen molar-refractivity contribution in [3.8, 4) is 0 Å². The average molecular weight is 334 g/mol. The maximum atomic E-state index is 12.6. The number of benzene rings is 3. The number of rotatable bonds is 4. The van der Waals surface area contributed by atoms with Crippen molar-refractivity contribution in [2.45, 2.75) is 6.92 Å². The summed E-state index contributed by atoms with van der Waals surface area (Å²) < 4.78 is 4.85. The van der Waals surface area contributed by atoms with E-state index in [1.807, 2.05) is 36.4 Å². The maximum absolute atomic E-state index is 12.6. The Hall–Kier alpha value is -3.34. The zero-order valence-electron chi connectivity index (χ0n) is 13.8. The minimum Gasteiger partial charge on any atom is -0.450 e. The van der Waals surface area contributed by atoms with E-state index in [0.29, 0.717) is 23.5 Å². The largest absolute Gasteiger partial charge is 0.450 e. The van der Waals surface area contributed by atoms with E-state index in [-0.39, 0.29) is 5.91 Å². The second kappa shape index (κ2) is 7.49. The van der Waals surface area contributed by atoms with E-state index < -0.39 is 6.09 Å². The predicted molar refractivity (Wildman–Crippen MR) is 99.0 cm³/mol. The third-order valence-corrected chi connectivity index (χ3v) is 3.68. The molecule has 0 bridgehead atoms. The van der Waals surface area contributed by atoms with Crippen LogP contribution in [0.15, 0.2) is 66.7 Å². The Balaban J connectivity index is 1.80. The summed E-state index contributed by atoms with van der Waals surface area (Å²) in [5.41, 5.74) is 1.74. The summed E-state index contributed by atoms with van der Waals surface area (Å²) in [6.45, 7) is 2.03. The summed E-state index contributed by atoms with van der Waals surface area (Å²) in [5.74, 6) is -0.204. The smallest absolute Gasteiger partial charge is 0.411 e. The van der Waals surface area contributed by atoms with Crippen molar-refractivity contribution in [3.63, 3.8) is 0 Å². The van der Waals surface area contributed by atoms with Crippen molar-refractivity contribution in [1.29, 1.82) is 0 Å². The zero-order chi connectivity index (χ0) is 17.6. The van der Waals surface area contributed by atoms with Crippen LogP contribution in [0.25, 0.3) is 10.8 Å². The number of fused-ring (bicyclic) bond motifs is 1. The number of carbonyl (C=O) groups excluding carboxylic acids is 2. The van der Waals surface area contributed by atoms with Gasteiger partial charge in [-0.2, -0.15) is 0 Å². The molecule has 2 N–H and O–H groups in total. The van der Waals surface area contributed by atoms with E-state index in [9.17, 15) is 9.59 Å². The van der Waals surface area contributed by atoms with E-state index in [4.69, 9.17) is 4.74 Å². The molecule has 0 aliphatic carbocycles. The van der Waals surface area contributed by atoms with Gasteiger partial charge in [0.1, 0.15) is 0 Å². The lowest BCUT2D eigenvalue weighted by molar-refractivity contribution is 0.102. The monoisotopic (exact) mass is 334 g/mol. The van der Waals surface area contributed by atoms with Crippen molar-refractivity contribution < 1.29 is 14.3 Å². The van der Waals surface area contributed by atoms with Crippen molar-refractivity contribution in [2.24, 2.45) is 0 Å². The van der Waals surface area contributed by atoms with E-state index in [1.165, 1.54) is 0 Å². The van der Waals surface area contributed by atoms with Crippen LogP contribution < -0.4 is 10.6 Å². The Morgan fingerprint density at radius 1 is 0.880 bits per heavy atom. The molecule has 0 heterocycles. The molecule has 126 valence electrons. The van der Waals surface area contributed by atoms with Crippen LogP contribution in [0.4, 0.5) is 16.2 Å². The normalized spacial score (nSPS) is 10.3. The van der Waals surface area contributed by atoms with Crippen molar-refractivity contribution in [1.82, 2.24) is 0 Å². The number of carbonyl (C=O) groups is 2. The van der Waals surface area contributed by atoms with Gasteiger partial charge < -0.3 is 10.1 Å². The molecule has 0 aromatic heterocycles. The lowest BCUT2D eigenvalue weighted by Crippen LogP contribution is -2.15. The Morgan fingerprint density at radius 2 is 1.56 bits per heavy atom. The first-order valence-corrected chi connectivity index (χ1v) is 8.00. The van der Waals surface area contributed by atoms with Crippen LogP contribution in [-0.4, -0.2) is 18.6 Å². The number of nitrogens with one attached hydrogen (secondary N) is 2. The van der Waals surface area contributed by atoms with Gasteiger partial charge in [0, 0.05) is 16.9 Å². The van der Waals surface area contributed by atoms with Crippen LogP contribution in [0.3, 0.4) is 0 Å². The molecule has 25 heavy (non-hydrogen) atoms. The van der Waals surface area contributed by atoms with Crippen molar-refractivity contribution >= 4 is 34.1 Å². The molecule has 0 radical (unpaired) electrons. The minimum atomic E-state index is -0.528. The maximum Gasteiger partial charge on any atom is 0.411 e. The predicted octanol–water partition coefficient (Wildman–Crippen LogP) is 4.66. The first-order chi connectivity index (χ1) is 12.2. The molecular formula is C20H18N2O3. The highest BCUT2D eigenvalue weighted by Gasteiger charge is 2.10. The number of amides is 2. The molecule has 0 spiro atoms. The molecule has 0 atom stereocenters. The van der Waals surface area contributed by atoms with E-state index in [0.717, 1.165) is 10.8 Å². The molecule has 3 aromatic rings. The number of anilines is 2. The highest BCUT2D eigenvalue weighted by Crippen LogP contribution is 2.21. The van der Waals surface area contributed by atoms with Gasteiger partial charge in [0.05, 0.1) is 6.61 Å². The van der Waals surface area contributed by atoms with Crippen LogP contribution in [0.5, 0.6) is 0 Å². The molecule has 0 unspecified atom stereocenters. The first-order valence-electron chi connectivity index (χ1n) is 8.00. The van der Waals surface area contributed by atoms with E-state index in [1.54, 1.807) is 37.3 Å². The molecule has 3 aromatic carbocycles. The SMILES string of the molecule is CCOC(=O)Nc1cccc(NC(=O)c2cccc3ccccc23)c1. The third kappa shape index (κ3) is 3.95. The topological polar surface area (TPSA) is 67.4 Å². The lowest BCUT2D eigenvalue weighted by atomic mass is 10.0. The van der Waals surface area contributed by atoms with Gasteiger partial charge in [0.15, 0.2) is 0 Å². The molecule has 0 aliphatic heterocycles. The fourth-order valence-electron chi connectivity index (χ4n) is 2.58. The molecule has 0 saturated heterocycles. The summed E-state index contributed by atoms with van der Waals surface area (Å²) in [4.78, 5) is 24.1. The molecule has 2 amide bonds. The Kier molecular flexibility index (Phi) is 4.95. The van der Waals surface area contributed by atoms with Gasteiger partial charge in [0.2, 0.25) is 0 Å². The third-order valence-electron chi connectivity index (χ3n) is 3.68.